The van der Waals surface area contributed by atoms with Crippen molar-refractivity contribution in [2.45, 2.75) is 58.1 Å². The quantitative estimate of drug-likeness (QED) is 0.526. The van der Waals surface area contributed by atoms with Crippen molar-refractivity contribution < 1.29 is 4.74 Å². The molecule has 0 aliphatic carbocycles. The molecule has 0 amide bonds. The summed E-state index contributed by atoms with van der Waals surface area (Å²) in [7, 11) is 0. The highest BCUT2D eigenvalue weighted by Gasteiger charge is 2.28. The fourth-order valence-corrected chi connectivity index (χ4v) is 2.39. The van der Waals surface area contributed by atoms with Crippen LogP contribution in [-0.2, 0) is 4.74 Å². The molecule has 1 aliphatic heterocycles. The summed E-state index contributed by atoms with van der Waals surface area (Å²) >= 11 is 0. The summed E-state index contributed by atoms with van der Waals surface area (Å²) in [4.78, 5) is 0. The van der Waals surface area contributed by atoms with Crippen molar-refractivity contribution in [2.75, 3.05) is 6.61 Å². The van der Waals surface area contributed by atoms with Crippen LogP contribution in [0, 0.1) is 5.92 Å². The van der Waals surface area contributed by atoms with Crippen LogP contribution >= 0.6 is 0 Å². The first-order valence-electron chi connectivity index (χ1n) is 5.91. The average molecular weight is 200 g/mol. The molecule has 0 saturated carbocycles. The SMILES string of the molecule is CCC(CC)C(NN)C1CCCCO1. The lowest BCUT2D eigenvalue weighted by molar-refractivity contribution is -0.0221. The Labute approximate surface area is 87.4 Å². The summed E-state index contributed by atoms with van der Waals surface area (Å²) < 4.78 is 5.77. The molecule has 1 fully saturated rings. The Morgan fingerprint density at radius 3 is 2.50 bits per heavy atom. The highest BCUT2D eigenvalue weighted by Crippen LogP contribution is 2.23. The van der Waals surface area contributed by atoms with E-state index in [1.807, 2.05) is 0 Å². The van der Waals surface area contributed by atoms with E-state index in [0.717, 1.165) is 13.0 Å². The van der Waals surface area contributed by atoms with Crippen LogP contribution in [-0.4, -0.2) is 18.8 Å². The monoisotopic (exact) mass is 200 g/mol. The van der Waals surface area contributed by atoms with Gasteiger partial charge in [0, 0.05) is 6.61 Å². The second kappa shape index (κ2) is 6.38. The van der Waals surface area contributed by atoms with Gasteiger partial charge in [0.1, 0.15) is 0 Å². The van der Waals surface area contributed by atoms with Crippen molar-refractivity contribution in [2.24, 2.45) is 11.8 Å². The summed E-state index contributed by atoms with van der Waals surface area (Å²) in [6.07, 6.45) is 6.32. The molecule has 3 N–H and O–H groups in total. The first kappa shape index (κ1) is 12.0. The molecule has 0 radical (unpaired) electrons. The van der Waals surface area contributed by atoms with Gasteiger partial charge in [-0.05, 0) is 25.2 Å². The number of nitrogens with two attached hydrogens (primary N) is 1. The first-order valence-corrected chi connectivity index (χ1v) is 5.91. The zero-order valence-electron chi connectivity index (χ0n) is 9.46. The van der Waals surface area contributed by atoms with E-state index in [-0.39, 0.29) is 0 Å². The third-order valence-corrected chi connectivity index (χ3v) is 3.36. The Hall–Kier alpha value is -0.120. The largest absolute Gasteiger partial charge is 0.377 e. The van der Waals surface area contributed by atoms with Gasteiger partial charge >= 0.3 is 0 Å². The average Bonchev–Trinajstić information content (AvgIpc) is 2.27. The Balaban J connectivity index is 2.49. The summed E-state index contributed by atoms with van der Waals surface area (Å²) in [5, 5.41) is 0. The van der Waals surface area contributed by atoms with E-state index in [9.17, 15) is 0 Å². The van der Waals surface area contributed by atoms with Crippen LogP contribution in [0.25, 0.3) is 0 Å². The molecular formula is C11H24N2O. The standard InChI is InChI=1S/C11H24N2O/c1-3-9(4-2)11(13-12)10-7-5-6-8-14-10/h9-11,13H,3-8,12H2,1-2H3. The maximum absolute atomic E-state index is 5.77. The molecule has 3 nitrogen and oxygen atoms in total. The Morgan fingerprint density at radius 2 is 2.07 bits per heavy atom. The number of rotatable bonds is 5. The van der Waals surface area contributed by atoms with Gasteiger partial charge in [0.15, 0.2) is 0 Å². The van der Waals surface area contributed by atoms with Crippen LogP contribution in [0.2, 0.25) is 0 Å². The molecule has 3 heteroatoms. The van der Waals surface area contributed by atoms with Gasteiger partial charge in [-0.15, -0.1) is 0 Å². The fraction of sp³-hybridized carbons (Fsp3) is 1.00. The molecule has 84 valence electrons. The lowest BCUT2D eigenvalue weighted by Crippen LogP contribution is -2.50. The molecule has 14 heavy (non-hydrogen) atoms. The van der Waals surface area contributed by atoms with Gasteiger partial charge in [0.25, 0.3) is 0 Å². The first-order chi connectivity index (χ1) is 6.83. The highest BCUT2D eigenvalue weighted by molar-refractivity contribution is 4.82. The molecule has 0 bridgehead atoms. The van der Waals surface area contributed by atoms with Gasteiger partial charge in [0.05, 0.1) is 12.1 Å². The zero-order chi connectivity index (χ0) is 10.4. The number of hydrogen-bond acceptors (Lipinski definition) is 3. The molecule has 2 atom stereocenters. The van der Waals surface area contributed by atoms with Crippen LogP contribution in [0.3, 0.4) is 0 Å². The molecule has 0 aromatic rings. The molecule has 2 unspecified atom stereocenters. The van der Waals surface area contributed by atoms with Gasteiger partial charge < -0.3 is 4.74 Å². The van der Waals surface area contributed by atoms with Crippen LogP contribution in [0.15, 0.2) is 0 Å². The van der Waals surface area contributed by atoms with E-state index in [1.165, 1.54) is 25.7 Å². The maximum atomic E-state index is 5.77. The lowest BCUT2D eigenvalue weighted by atomic mass is 9.88. The van der Waals surface area contributed by atoms with E-state index in [2.05, 4.69) is 19.3 Å². The minimum atomic E-state index is 0.332. The van der Waals surface area contributed by atoms with Crippen molar-refractivity contribution in [1.29, 1.82) is 0 Å². The van der Waals surface area contributed by atoms with Crippen molar-refractivity contribution in [3.8, 4) is 0 Å². The number of hydrazine groups is 1. The number of nitrogens with one attached hydrogen (secondary N) is 1. The van der Waals surface area contributed by atoms with E-state index in [1.54, 1.807) is 0 Å². The minimum Gasteiger partial charge on any atom is -0.377 e. The summed E-state index contributed by atoms with van der Waals surface area (Å²) in [6.45, 7) is 5.35. The molecule has 1 heterocycles. The molecule has 1 saturated heterocycles. The van der Waals surface area contributed by atoms with Crippen molar-refractivity contribution >= 4 is 0 Å². The summed E-state index contributed by atoms with van der Waals surface area (Å²) in [5.74, 6) is 6.27. The van der Waals surface area contributed by atoms with E-state index in [0.29, 0.717) is 18.1 Å². The second-order valence-corrected chi connectivity index (χ2v) is 4.17. The predicted molar refractivity (Wildman–Crippen MR) is 58.8 cm³/mol. The molecular weight excluding hydrogens is 176 g/mol. The van der Waals surface area contributed by atoms with Crippen LogP contribution in [0.4, 0.5) is 0 Å². The minimum absolute atomic E-state index is 0.332. The van der Waals surface area contributed by atoms with Gasteiger partial charge in [0.2, 0.25) is 0 Å². The van der Waals surface area contributed by atoms with E-state index >= 15 is 0 Å². The van der Waals surface area contributed by atoms with Crippen molar-refractivity contribution in [3.05, 3.63) is 0 Å². The Bertz CT molecular complexity index is 142. The maximum Gasteiger partial charge on any atom is 0.0744 e. The molecule has 0 spiro atoms. The van der Waals surface area contributed by atoms with Crippen LogP contribution in [0.5, 0.6) is 0 Å². The summed E-state index contributed by atoms with van der Waals surface area (Å²) in [6, 6.07) is 0.338. The van der Waals surface area contributed by atoms with Gasteiger partial charge in [-0.25, -0.2) is 0 Å². The zero-order valence-corrected chi connectivity index (χ0v) is 9.46. The predicted octanol–water partition coefficient (Wildman–Crippen LogP) is 1.82. The van der Waals surface area contributed by atoms with E-state index in [4.69, 9.17) is 10.6 Å². The molecule has 0 aromatic heterocycles. The van der Waals surface area contributed by atoms with Gasteiger partial charge in [-0.2, -0.15) is 0 Å². The molecule has 1 rings (SSSR count). The van der Waals surface area contributed by atoms with Gasteiger partial charge in [-0.3, -0.25) is 11.3 Å². The third kappa shape index (κ3) is 2.94. The Morgan fingerprint density at radius 1 is 1.36 bits per heavy atom. The fourth-order valence-electron chi connectivity index (χ4n) is 2.39. The normalized spacial score (nSPS) is 25.3. The van der Waals surface area contributed by atoms with Crippen LogP contribution < -0.4 is 11.3 Å². The summed E-state index contributed by atoms with van der Waals surface area (Å²) in [5.41, 5.74) is 2.95. The van der Waals surface area contributed by atoms with E-state index < -0.39 is 0 Å². The molecule has 1 aliphatic rings. The second-order valence-electron chi connectivity index (χ2n) is 4.17. The number of hydrogen-bond donors (Lipinski definition) is 2. The smallest absolute Gasteiger partial charge is 0.0744 e. The van der Waals surface area contributed by atoms with Gasteiger partial charge in [-0.1, -0.05) is 26.7 Å². The highest BCUT2D eigenvalue weighted by atomic mass is 16.5. The van der Waals surface area contributed by atoms with Crippen LogP contribution in [0.1, 0.15) is 46.0 Å². The van der Waals surface area contributed by atoms with Crippen molar-refractivity contribution in [1.82, 2.24) is 5.43 Å². The molecule has 0 aromatic carbocycles. The number of ether oxygens (including phenoxy) is 1. The topological polar surface area (TPSA) is 47.3 Å². The third-order valence-electron chi connectivity index (χ3n) is 3.36. The lowest BCUT2D eigenvalue weighted by Gasteiger charge is -2.34. The Kier molecular flexibility index (Phi) is 5.45. The van der Waals surface area contributed by atoms with Crippen molar-refractivity contribution in [3.63, 3.8) is 0 Å².